The summed E-state index contributed by atoms with van der Waals surface area (Å²) in [6.45, 7) is 1.52. The van der Waals surface area contributed by atoms with Crippen LogP contribution >= 0.6 is 22.6 Å². The summed E-state index contributed by atoms with van der Waals surface area (Å²) in [6, 6.07) is 16.4. The third-order valence-electron chi connectivity index (χ3n) is 8.15. The molecule has 0 radical (unpaired) electrons. The molecule has 0 aliphatic heterocycles. The van der Waals surface area contributed by atoms with Crippen molar-refractivity contribution in [1.82, 2.24) is 31.2 Å². The molecule has 16 heteroatoms. The van der Waals surface area contributed by atoms with E-state index in [1.807, 2.05) is 66.7 Å². The molecule has 3 aromatic carbocycles. The van der Waals surface area contributed by atoms with Crippen molar-refractivity contribution in [2.75, 3.05) is 6.54 Å². The zero-order valence-corrected chi connectivity index (χ0v) is 30.8. The standard InChI is InChI=1S/C36H43IN10O5/c1-21(48)44-29(16-22-9-12-26(37)13-10-22)33(50)47-31(18-27-19-41-20-43-27)35(52)46-30(17-23-8-11-24-5-2-3-6-25(24)15-23)34(51)45-28(32(38)49)7-4-14-42-36(39)40/h2-3,5-6,8-13,15,19-20,28-31H,4,7,14,16-18H2,1H3,(H2,38,49)(H,41,43)(H,44,48)(H,45,51)(H,46,52)(H,47,50)(H4,39,40,42)/t28-,29+,30-,31-/m0/s1. The van der Waals surface area contributed by atoms with E-state index in [0.29, 0.717) is 12.1 Å². The molecule has 0 aliphatic rings. The van der Waals surface area contributed by atoms with E-state index in [0.717, 1.165) is 25.5 Å². The summed E-state index contributed by atoms with van der Waals surface area (Å²) >= 11 is 2.17. The number of hydrogen-bond acceptors (Lipinski definition) is 7. The van der Waals surface area contributed by atoms with Crippen molar-refractivity contribution < 1.29 is 24.0 Å². The first kappa shape index (κ1) is 39.3. The number of primary amides is 1. The van der Waals surface area contributed by atoms with Gasteiger partial charge in [-0.1, -0.05) is 54.6 Å². The molecule has 0 saturated carbocycles. The summed E-state index contributed by atoms with van der Waals surface area (Å²) in [6.07, 6.45) is 3.67. The molecule has 5 amide bonds. The molecule has 0 unspecified atom stereocenters. The number of halogens is 1. The molecule has 4 aromatic rings. The Kier molecular flexibility index (Phi) is 14.5. The Balaban J connectivity index is 1.60. The highest BCUT2D eigenvalue weighted by molar-refractivity contribution is 14.1. The first-order valence-electron chi connectivity index (χ1n) is 16.6. The predicted molar refractivity (Wildman–Crippen MR) is 205 cm³/mol. The molecule has 0 fully saturated rings. The molecule has 0 saturated heterocycles. The van der Waals surface area contributed by atoms with Gasteiger partial charge in [0.15, 0.2) is 5.96 Å². The van der Waals surface area contributed by atoms with Gasteiger partial charge in [0.2, 0.25) is 29.5 Å². The van der Waals surface area contributed by atoms with Gasteiger partial charge in [0, 0.05) is 48.2 Å². The Labute approximate surface area is 314 Å². The van der Waals surface area contributed by atoms with Gasteiger partial charge in [0.25, 0.3) is 0 Å². The fraction of sp³-hybridized carbons (Fsp3) is 0.306. The molecule has 4 rings (SSSR count). The van der Waals surface area contributed by atoms with Gasteiger partial charge in [0.05, 0.1) is 6.33 Å². The highest BCUT2D eigenvalue weighted by atomic mass is 127. The number of guanidine groups is 1. The monoisotopic (exact) mass is 822 g/mol. The van der Waals surface area contributed by atoms with Gasteiger partial charge in [-0.15, -0.1) is 0 Å². The maximum Gasteiger partial charge on any atom is 0.243 e. The minimum absolute atomic E-state index is 0.00703. The summed E-state index contributed by atoms with van der Waals surface area (Å²) in [5.74, 6) is -3.23. The summed E-state index contributed by atoms with van der Waals surface area (Å²) < 4.78 is 1.01. The molecular formula is C36H43IN10O5. The van der Waals surface area contributed by atoms with Crippen LogP contribution < -0.4 is 38.5 Å². The van der Waals surface area contributed by atoms with Crippen LogP contribution in [0.5, 0.6) is 0 Å². The first-order valence-corrected chi connectivity index (χ1v) is 17.7. The van der Waals surface area contributed by atoms with Gasteiger partial charge < -0.3 is 43.5 Å². The van der Waals surface area contributed by atoms with E-state index in [9.17, 15) is 24.0 Å². The van der Waals surface area contributed by atoms with E-state index in [-0.39, 0.29) is 38.2 Å². The van der Waals surface area contributed by atoms with E-state index in [4.69, 9.17) is 17.2 Å². The van der Waals surface area contributed by atoms with Crippen LogP contribution in [0.3, 0.4) is 0 Å². The molecule has 0 spiro atoms. The molecule has 11 N–H and O–H groups in total. The average Bonchev–Trinajstić information content (AvgIpc) is 3.62. The number of nitrogens with two attached hydrogens (primary N) is 3. The number of rotatable bonds is 18. The second kappa shape index (κ2) is 19.2. The summed E-state index contributed by atoms with van der Waals surface area (Å²) in [5, 5.41) is 12.8. The number of hydrogen-bond donors (Lipinski definition) is 8. The van der Waals surface area contributed by atoms with Gasteiger partial charge in [-0.05, 0) is 69.5 Å². The van der Waals surface area contributed by atoms with Crippen LogP contribution in [-0.2, 0) is 43.2 Å². The van der Waals surface area contributed by atoms with E-state index in [1.54, 1.807) is 0 Å². The number of carbonyl (C=O) groups excluding carboxylic acids is 5. The zero-order chi connectivity index (χ0) is 37.6. The summed E-state index contributed by atoms with van der Waals surface area (Å²) in [5.41, 5.74) is 18.5. The highest BCUT2D eigenvalue weighted by Gasteiger charge is 2.31. The minimum atomic E-state index is -1.20. The normalized spacial score (nSPS) is 13.2. The van der Waals surface area contributed by atoms with Crippen LogP contribution in [0.15, 0.2) is 84.2 Å². The molecule has 4 atom stereocenters. The number of aromatic nitrogens is 2. The van der Waals surface area contributed by atoms with Crippen molar-refractivity contribution >= 4 is 68.9 Å². The van der Waals surface area contributed by atoms with Crippen LogP contribution in [0, 0.1) is 3.57 Å². The van der Waals surface area contributed by atoms with Crippen molar-refractivity contribution in [2.24, 2.45) is 22.2 Å². The predicted octanol–water partition coefficient (Wildman–Crippen LogP) is 0.693. The fourth-order valence-corrected chi connectivity index (χ4v) is 5.91. The third kappa shape index (κ3) is 12.4. The van der Waals surface area contributed by atoms with Crippen LogP contribution in [0.4, 0.5) is 0 Å². The molecule has 1 aromatic heterocycles. The van der Waals surface area contributed by atoms with Gasteiger partial charge in [-0.2, -0.15) is 0 Å². The molecule has 0 bridgehead atoms. The lowest BCUT2D eigenvalue weighted by Gasteiger charge is -2.26. The van der Waals surface area contributed by atoms with Crippen LogP contribution in [0.25, 0.3) is 10.8 Å². The van der Waals surface area contributed by atoms with E-state index >= 15 is 0 Å². The van der Waals surface area contributed by atoms with Gasteiger partial charge in [0.1, 0.15) is 24.2 Å². The molecule has 15 nitrogen and oxygen atoms in total. The number of aliphatic imine (C=N–C) groups is 1. The van der Waals surface area contributed by atoms with Crippen LogP contribution in [-0.4, -0.2) is 76.2 Å². The van der Waals surface area contributed by atoms with Crippen molar-refractivity contribution in [3.63, 3.8) is 0 Å². The number of nitrogens with zero attached hydrogens (tertiary/aromatic N) is 2. The molecule has 1 heterocycles. The molecular weight excluding hydrogens is 779 g/mol. The lowest BCUT2D eigenvalue weighted by atomic mass is 9.99. The SMILES string of the molecule is CC(=O)N[C@H](Cc1ccc(I)cc1)C(=O)N[C@@H](Cc1cnc[nH]1)C(=O)N[C@@H](Cc1ccc2ccccc2c1)C(=O)N[C@@H](CCCN=C(N)N)C(N)=O. The number of carbonyl (C=O) groups is 5. The lowest BCUT2D eigenvalue weighted by Crippen LogP contribution is -2.59. The van der Waals surface area contributed by atoms with E-state index in [1.165, 1.54) is 19.4 Å². The van der Waals surface area contributed by atoms with Crippen LogP contribution in [0.2, 0.25) is 0 Å². The lowest BCUT2D eigenvalue weighted by molar-refractivity contribution is -0.134. The molecule has 274 valence electrons. The summed E-state index contributed by atoms with van der Waals surface area (Å²) in [7, 11) is 0. The Morgan fingerprint density at radius 3 is 1.92 bits per heavy atom. The average molecular weight is 823 g/mol. The second-order valence-electron chi connectivity index (χ2n) is 12.3. The fourth-order valence-electron chi connectivity index (χ4n) is 5.55. The second-order valence-corrected chi connectivity index (χ2v) is 13.5. The largest absolute Gasteiger partial charge is 0.370 e. The third-order valence-corrected chi connectivity index (χ3v) is 8.87. The Hall–Kier alpha value is -5.52. The number of aromatic amines is 1. The van der Waals surface area contributed by atoms with Crippen molar-refractivity contribution in [2.45, 2.75) is 63.2 Å². The van der Waals surface area contributed by atoms with Gasteiger partial charge in [-0.25, -0.2) is 4.98 Å². The Bertz CT molecular complexity index is 1880. The maximum absolute atomic E-state index is 14.1. The number of fused-ring (bicyclic) bond motifs is 1. The minimum Gasteiger partial charge on any atom is -0.370 e. The van der Waals surface area contributed by atoms with Gasteiger partial charge in [-0.3, -0.25) is 29.0 Å². The van der Waals surface area contributed by atoms with Crippen molar-refractivity contribution in [1.29, 1.82) is 0 Å². The van der Waals surface area contributed by atoms with Crippen LogP contribution in [0.1, 0.15) is 36.6 Å². The van der Waals surface area contributed by atoms with E-state index < -0.39 is 53.7 Å². The highest BCUT2D eigenvalue weighted by Crippen LogP contribution is 2.17. The topological polar surface area (TPSA) is 253 Å². The smallest absolute Gasteiger partial charge is 0.243 e. The number of imidazole rings is 1. The first-order chi connectivity index (χ1) is 24.9. The van der Waals surface area contributed by atoms with Gasteiger partial charge >= 0.3 is 0 Å². The van der Waals surface area contributed by atoms with Crippen molar-refractivity contribution in [3.05, 3.63) is 99.6 Å². The Morgan fingerprint density at radius 1 is 0.750 bits per heavy atom. The van der Waals surface area contributed by atoms with Crippen molar-refractivity contribution in [3.8, 4) is 0 Å². The number of benzene rings is 3. The Morgan fingerprint density at radius 2 is 1.33 bits per heavy atom. The zero-order valence-electron chi connectivity index (χ0n) is 28.6. The molecule has 52 heavy (non-hydrogen) atoms. The molecule has 0 aliphatic carbocycles. The number of H-pyrrole nitrogens is 1. The number of amides is 5. The van der Waals surface area contributed by atoms with E-state index in [2.05, 4.69) is 58.8 Å². The summed E-state index contributed by atoms with van der Waals surface area (Å²) in [4.78, 5) is 77.0. The quantitative estimate of drug-likeness (QED) is 0.0306. The maximum atomic E-state index is 14.1. The number of nitrogens with one attached hydrogen (secondary N) is 5.